The average Bonchev–Trinajstić information content (AvgIpc) is 3.43. The summed E-state index contributed by atoms with van der Waals surface area (Å²) in [5.41, 5.74) is 0.935. The molecule has 0 aliphatic heterocycles. The summed E-state index contributed by atoms with van der Waals surface area (Å²) in [5, 5.41) is 28.6. The minimum Gasteiger partial charge on any atom is -0.504 e. The predicted molar refractivity (Wildman–Crippen MR) is 154 cm³/mol. The Hall–Kier alpha value is -1.22. The van der Waals surface area contributed by atoms with Crippen LogP contribution < -0.4 is 0 Å². The number of allylic oxidation sites excluding steroid dienone is 2. The number of rotatable bonds is 14. The first-order chi connectivity index (χ1) is 16.4. The van der Waals surface area contributed by atoms with Crippen molar-refractivity contribution < 1.29 is 9.84 Å². The molecule has 0 saturated carbocycles. The Balaban J connectivity index is 1.67. The van der Waals surface area contributed by atoms with Crippen molar-refractivity contribution in [3.63, 3.8) is 0 Å². The number of hydrogen-bond acceptors (Lipinski definition) is 6. The minimum atomic E-state index is -0.0537. The van der Waals surface area contributed by atoms with Gasteiger partial charge in [0.15, 0.2) is 11.5 Å². The smallest absolute Gasteiger partial charge is 0.172 e. The highest BCUT2D eigenvalue weighted by Crippen LogP contribution is 2.41. The van der Waals surface area contributed by atoms with Crippen molar-refractivity contribution in [1.82, 2.24) is 0 Å². The maximum absolute atomic E-state index is 11.2. The van der Waals surface area contributed by atoms with Gasteiger partial charge in [0, 0.05) is 9.75 Å². The van der Waals surface area contributed by atoms with Crippen molar-refractivity contribution >= 4 is 77.1 Å². The maximum atomic E-state index is 11.2. The first-order valence-electron chi connectivity index (χ1n) is 11.9. The highest BCUT2D eigenvalue weighted by atomic mass is 79.9. The number of hydrogen-bond donors (Lipinski definition) is 3. The van der Waals surface area contributed by atoms with E-state index in [1.807, 2.05) is 24.3 Å². The molecule has 0 spiro atoms. The molecular weight excluding hydrogens is 596 g/mol. The van der Waals surface area contributed by atoms with Crippen molar-refractivity contribution in [1.29, 1.82) is 10.8 Å². The third kappa shape index (κ3) is 7.15. The van der Waals surface area contributed by atoms with E-state index in [1.165, 1.54) is 74.0 Å². The summed E-state index contributed by atoms with van der Waals surface area (Å²) in [7, 11) is 0. The fourth-order valence-electron chi connectivity index (χ4n) is 3.99. The predicted octanol–water partition coefficient (Wildman–Crippen LogP) is 10.0. The van der Waals surface area contributed by atoms with Crippen molar-refractivity contribution in [2.75, 3.05) is 6.61 Å². The number of halogens is 2. The lowest BCUT2D eigenvalue weighted by atomic mass is 9.89. The van der Waals surface area contributed by atoms with Gasteiger partial charge in [0.2, 0.25) is 0 Å². The number of aliphatic hydroxyl groups excluding tert-OH is 1. The van der Waals surface area contributed by atoms with E-state index in [1.54, 1.807) is 0 Å². The highest BCUT2D eigenvalue weighted by molar-refractivity contribution is 9.11. The second-order valence-corrected chi connectivity index (χ2v) is 13.3. The van der Waals surface area contributed by atoms with Crippen molar-refractivity contribution in [3.8, 4) is 0 Å². The third-order valence-electron chi connectivity index (χ3n) is 5.81. The topological polar surface area (TPSA) is 77.2 Å². The van der Waals surface area contributed by atoms with E-state index in [0.717, 1.165) is 30.2 Å². The van der Waals surface area contributed by atoms with Crippen LogP contribution in [0, 0.1) is 10.8 Å². The van der Waals surface area contributed by atoms with Gasteiger partial charge in [-0.25, -0.2) is 0 Å². The summed E-state index contributed by atoms with van der Waals surface area (Å²) in [6.07, 6.45) is 12.4. The van der Waals surface area contributed by atoms with Crippen LogP contribution >= 0.6 is 54.5 Å². The summed E-state index contributed by atoms with van der Waals surface area (Å²) in [5.74, 6) is 0.257. The molecule has 0 fully saturated rings. The van der Waals surface area contributed by atoms with Crippen molar-refractivity contribution in [3.05, 3.63) is 53.1 Å². The van der Waals surface area contributed by atoms with Crippen LogP contribution in [0.5, 0.6) is 0 Å². The van der Waals surface area contributed by atoms with E-state index in [2.05, 4.69) is 38.8 Å². The monoisotopic (exact) mass is 626 g/mol. The molecule has 184 valence electrons. The quantitative estimate of drug-likeness (QED) is 0.144. The molecule has 0 aromatic carbocycles. The van der Waals surface area contributed by atoms with Crippen LogP contribution in [0.15, 0.2) is 43.4 Å². The van der Waals surface area contributed by atoms with Crippen molar-refractivity contribution in [2.24, 2.45) is 0 Å². The minimum absolute atomic E-state index is 0.0117. The number of unbranched alkanes of at least 4 members (excludes halogenated alkanes) is 9. The lowest BCUT2D eigenvalue weighted by Crippen LogP contribution is -2.24. The van der Waals surface area contributed by atoms with E-state index in [-0.39, 0.29) is 17.2 Å². The van der Waals surface area contributed by atoms with Crippen LogP contribution in [0.1, 0.15) is 80.9 Å². The maximum Gasteiger partial charge on any atom is 0.172 e. The van der Waals surface area contributed by atoms with Crippen molar-refractivity contribution in [2.45, 2.75) is 71.1 Å². The van der Waals surface area contributed by atoms with E-state index in [9.17, 15) is 5.11 Å². The molecular formula is C26H32Br2N2O2S2. The van der Waals surface area contributed by atoms with Gasteiger partial charge < -0.3 is 9.84 Å². The molecule has 2 aromatic heterocycles. The van der Waals surface area contributed by atoms with Crippen LogP contribution in [-0.4, -0.2) is 23.1 Å². The molecule has 0 atom stereocenters. The highest BCUT2D eigenvalue weighted by Gasteiger charge is 2.34. The summed E-state index contributed by atoms with van der Waals surface area (Å²) in [6, 6.07) is 7.55. The first-order valence-corrected chi connectivity index (χ1v) is 15.2. The molecule has 34 heavy (non-hydrogen) atoms. The fraction of sp³-hybridized carbons (Fsp3) is 0.462. The van der Waals surface area contributed by atoms with E-state index >= 15 is 0 Å². The van der Waals surface area contributed by atoms with Gasteiger partial charge in [-0.2, -0.15) is 0 Å². The molecule has 1 aliphatic carbocycles. The Bertz CT molecular complexity index is 1070. The molecule has 1 aliphatic rings. The molecule has 0 saturated heterocycles. The summed E-state index contributed by atoms with van der Waals surface area (Å²) >= 11 is 9.84. The average molecular weight is 628 g/mol. The molecule has 3 rings (SSSR count). The second kappa shape index (κ2) is 13.8. The normalized spacial score (nSPS) is 14.4. The van der Waals surface area contributed by atoms with Gasteiger partial charge in [-0.15, -0.1) is 22.7 Å². The lowest BCUT2D eigenvalue weighted by molar-refractivity contribution is 0.191. The van der Waals surface area contributed by atoms with Gasteiger partial charge in [0.25, 0.3) is 0 Å². The molecule has 2 heterocycles. The van der Waals surface area contributed by atoms with Crippen LogP contribution in [-0.2, 0) is 4.74 Å². The zero-order chi connectivity index (χ0) is 24.5. The van der Waals surface area contributed by atoms with E-state index in [0.29, 0.717) is 23.5 Å². The zero-order valence-electron chi connectivity index (χ0n) is 19.5. The molecule has 0 amide bonds. The summed E-state index contributed by atoms with van der Waals surface area (Å²) in [6.45, 7) is 2.73. The third-order valence-corrected chi connectivity index (χ3v) is 9.09. The van der Waals surface area contributed by atoms with Gasteiger partial charge >= 0.3 is 0 Å². The first kappa shape index (κ1) is 27.4. The standard InChI is InChI=1S/C26H32Br2N2O2S2/c1-2-3-4-5-6-7-8-9-10-11-16-32-26-22(18-13-15-20(28)34-18)24(30)23(29)21(25(26)31)17-12-14-19(27)33-17/h12-15,29-31H,2-11,16H2,1H3. The zero-order valence-corrected chi connectivity index (χ0v) is 24.3. The molecule has 0 radical (unpaired) electrons. The Morgan fingerprint density at radius 1 is 0.735 bits per heavy atom. The van der Waals surface area contributed by atoms with Gasteiger partial charge in [-0.1, -0.05) is 64.7 Å². The number of aliphatic hydroxyl groups is 1. The van der Waals surface area contributed by atoms with Gasteiger partial charge in [0.05, 0.1) is 36.7 Å². The number of thiophene rings is 2. The lowest BCUT2D eigenvalue weighted by Gasteiger charge is -2.24. The molecule has 3 N–H and O–H groups in total. The summed E-state index contributed by atoms with van der Waals surface area (Å²) < 4.78 is 7.98. The van der Waals surface area contributed by atoms with Crippen LogP contribution in [0.3, 0.4) is 0 Å². The molecule has 0 unspecified atom stereocenters. The molecule has 4 nitrogen and oxygen atoms in total. The Morgan fingerprint density at radius 2 is 1.21 bits per heavy atom. The second-order valence-electron chi connectivity index (χ2n) is 8.42. The van der Waals surface area contributed by atoms with Gasteiger partial charge in [0.1, 0.15) is 0 Å². The van der Waals surface area contributed by atoms with Crippen LogP contribution in [0.2, 0.25) is 0 Å². The largest absolute Gasteiger partial charge is 0.504 e. The Kier molecular flexibility index (Phi) is 11.1. The number of ether oxygens (including phenoxy) is 1. The molecule has 2 aromatic rings. The molecule has 8 heteroatoms. The van der Waals surface area contributed by atoms with Crippen LogP contribution in [0.4, 0.5) is 0 Å². The van der Waals surface area contributed by atoms with Crippen LogP contribution in [0.25, 0.3) is 11.1 Å². The molecule has 0 bridgehead atoms. The fourth-order valence-corrected chi connectivity index (χ4v) is 6.86. The van der Waals surface area contributed by atoms with E-state index in [4.69, 9.17) is 15.6 Å². The SMILES string of the molecule is CCCCCCCCCCCCOC1=C(c2ccc(Br)s2)C(=N)C(=N)C(c2ccc(Br)s2)=C1O. The Labute approximate surface area is 227 Å². The Morgan fingerprint density at radius 3 is 1.71 bits per heavy atom. The van der Waals surface area contributed by atoms with Gasteiger partial charge in [-0.3, -0.25) is 10.8 Å². The van der Waals surface area contributed by atoms with E-state index < -0.39 is 0 Å². The van der Waals surface area contributed by atoms with Gasteiger partial charge in [-0.05, 0) is 62.5 Å². The summed E-state index contributed by atoms with van der Waals surface area (Å²) in [4.78, 5) is 1.54. The number of nitrogens with one attached hydrogen (secondary N) is 2.